The maximum absolute atomic E-state index is 13.0. The zero-order valence-corrected chi connectivity index (χ0v) is 16.6. The topological polar surface area (TPSA) is 86.5 Å². The van der Waals surface area contributed by atoms with Gasteiger partial charge >= 0.3 is 0 Å². The van der Waals surface area contributed by atoms with Crippen molar-refractivity contribution in [3.63, 3.8) is 0 Å². The monoisotopic (exact) mass is 412 g/mol. The number of aromatic nitrogens is 1. The lowest BCUT2D eigenvalue weighted by Gasteiger charge is -2.23. The Morgan fingerprint density at radius 3 is 2.55 bits per heavy atom. The summed E-state index contributed by atoms with van der Waals surface area (Å²) in [6, 6.07) is 19.3. The lowest BCUT2D eigenvalue weighted by Crippen LogP contribution is -2.31. The number of Topliss-reactive ketones (excluding diaryl/α,β-unsaturated/α-hetero) is 1. The van der Waals surface area contributed by atoms with Crippen molar-refractivity contribution >= 4 is 28.4 Å². The highest BCUT2D eigenvalue weighted by Gasteiger charge is 2.47. The van der Waals surface area contributed by atoms with Crippen LogP contribution in [-0.2, 0) is 16.0 Å². The van der Waals surface area contributed by atoms with Gasteiger partial charge in [0.2, 0.25) is 0 Å². The van der Waals surface area contributed by atoms with E-state index in [4.69, 9.17) is 4.42 Å². The molecule has 31 heavy (non-hydrogen) atoms. The molecule has 1 atom stereocenters. The van der Waals surface area contributed by atoms with E-state index < -0.39 is 17.7 Å². The molecule has 0 saturated carbocycles. The number of hydrogen-bond donors (Lipinski definition) is 2. The van der Waals surface area contributed by atoms with Crippen LogP contribution in [0.25, 0.3) is 16.7 Å². The molecule has 0 unspecified atom stereocenters. The smallest absolute Gasteiger partial charge is 0.295 e. The summed E-state index contributed by atoms with van der Waals surface area (Å²) in [7, 11) is 0. The average molecular weight is 412 g/mol. The Balaban J connectivity index is 1.53. The second-order valence-corrected chi connectivity index (χ2v) is 7.48. The molecular formula is C25H20N2O4. The summed E-state index contributed by atoms with van der Waals surface area (Å²) in [5.41, 5.74) is 2.60. The number of rotatable bonds is 5. The van der Waals surface area contributed by atoms with Crippen LogP contribution in [0.3, 0.4) is 0 Å². The summed E-state index contributed by atoms with van der Waals surface area (Å²) in [6.07, 6.45) is 3.98. The summed E-state index contributed by atoms with van der Waals surface area (Å²) in [5.74, 6) is -1.11. The standard InChI is InChI=1S/C25H20N2O4/c28-23(16-7-2-1-3-8-16)21-22(20-11-6-14-31-20)27(25(30)24(21)29)13-12-17-15-26-19-10-5-4-9-18(17)19/h1-11,14-15,22,26,28H,12-13H2/b23-21+/t22-/m0/s1. The lowest BCUT2D eigenvalue weighted by atomic mass is 9.99. The molecule has 6 nitrogen and oxygen atoms in total. The van der Waals surface area contributed by atoms with Crippen molar-refractivity contribution in [1.82, 2.24) is 9.88 Å². The van der Waals surface area contributed by atoms with Crippen LogP contribution in [0.1, 0.15) is 22.9 Å². The molecule has 0 radical (unpaired) electrons. The third-order valence-electron chi connectivity index (χ3n) is 5.70. The lowest BCUT2D eigenvalue weighted by molar-refractivity contribution is -0.140. The molecule has 1 aliphatic heterocycles. The molecule has 4 aromatic rings. The minimum absolute atomic E-state index is 0.0464. The Kier molecular flexibility index (Phi) is 4.67. The Labute approximate surface area is 178 Å². The van der Waals surface area contributed by atoms with E-state index >= 15 is 0 Å². The van der Waals surface area contributed by atoms with Crippen molar-refractivity contribution in [3.05, 3.63) is 102 Å². The number of aromatic amines is 1. The number of aliphatic hydroxyl groups is 1. The molecule has 154 valence electrons. The van der Waals surface area contributed by atoms with Crippen LogP contribution in [0, 0.1) is 0 Å². The highest BCUT2D eigenvalue weighted by atomic mass is 16.3. The zero-order valence-electron chi connectivity index (χ0n) is 16.6. The molecule has 6 heteroatoms. The summed E-state index contributed by atoms with van der Waals surface area (Å²) in [5, 5.41) is 12.0. The van der Waals surface area contributed by atoms with Crippen molar-refractivity contribution in [1.29, 1.82) is 0 Å². The van der Waals surface area contributed by atoms with Gasteiger partial charge in [0.1, 0.15) is 17.6 Å². The van der Waals surface area contributed by atoms with Crippen molar-refractivity contribution in [2.45, 2.75) is 12.5 Å². The summed E-state index contributed by atoms with van der Waals surface area (Å²) in [6.45, 7) is 0.309. The van der Waals surface area contributed by atoms with Gasteiger partial charge in [-0.25, -0.2) is 0 Å². The molecule has 1 amide bonds. The van der Waals surface area contributed by atoms with Gasteiger partial charge in [-0.3, -0.25) is 9.59 Å². The fraction of sp³-hybridized carbons (Fsp3) is 0.120. The molecule has 1 aliphatic rings. The van der Waals surface area contributed by atoms with Gasteiger partial charge in [-0.2, -0.15) is 0 Å². The number of H-pyrrole nitrogens is 1. The van der Waals surface area contributed by atoms with Crippen molar-refractivity contribution in [2.24, 2.45) is 0 Å². The largest absolute Gasteiger partial charge is 0.507 e. The van der Waals surface area contributed by atoms with Crippen LogP contribution in [0.15, 0.2) is 89.2 Å². The highest BCUT2D eigenvalue weighted by Crippen LogP contribution is 2.39. The Morgan fingerprint density at radius 2 is 1.77 bits per heavy atom. The summed E-state index contributed by atoms with van der Waals surface area (Å²) in [4.78, 5) is 30.6. The fourth-order valence-electron chi connectivity index (χ4n) is 4.18. The van der Waals surface area contributed by atoms with Gasteiger partial charge in [0, 0.05) is 29.2 Å². The van der Waals surface area contributed by atoms with Crippen LogP contribution >= 0.6 is 0 Å². The molecule has 0 bridgehead atoms. The van der Waals surface area contributed by atoms with E-state index in [2.05, 4.69) is 4.98 Å². The van der Waals surface area contributed by atoms with Crippen molar-refractivity contribution in [2.75, 3.05) is 6.54 Å². The molecule has 0 spiro atoms. The van der Waals surface area contributed by atoms with E-state index in [1.54, 1.807) is 36.4 Å². The number of amides is 1. The van der Waals surface area contributed by atoms with E-state index in [0.29, 0.717) is 24.3 Å². The Hall–Kier alpha value is -4.06. The second kappa shape index (κ2) is 7.65. The number of nitrogens with zero attached hydrogens (tertiary/aromatic N) is 1. The first-order chi connectivity index (χ1) is 15.1. The molecule has 2 aromatic heterocycles. The average Bonchev–Trinajstić information content (AvgIpc) is 3.53. The number of hydrogen-bond acceptors (Lipinski definition) is 4. The molecule has 0 aliphatic carbocycles. The molecular weight excluding hydrogens is 392 g/mol. The SMILES string of the molecule is O=C1C(=O)N(CCc2c[nH]c3ccccc23)[C@@H](c2ccco2)/C1=C(\O)c1ccccc1. The number of ketones is 1. The molecule has 1 saturated heterocycles. The van der Waals surface area contributed by atoms with Gasteiger partial charge in [-0.1, -0.05) is 48.5 Å². The first-order valence-electron chi connectivity index (χ1n) is 10.1. The molecule has 2 aromatic carbocycles. The second-order valence-electron chi connectivity index (χ2n) is 7.48. The maximum atomic E-state index is 13.0. The Bertz CT molecular complexity index is 1290. The van der Waals surface area contributed by atoms with Gasteiger partial charge in [-0.15, -0.1) is 0 Å². The van der Waals surface area contributed by atoms with Crippen LogP contribution < -0.4 is 0 Å². The maximum Gasteiger partial charge on any atom is 0.295 e. The van der Waals surface area contributed by atoms with Gasteiger partial charge in [0.05, 0.1) is 11.8 Å². The van der Waals surface area contributed by atoms with E-state index in [1.165, 1.54) is 11.2 Å². The zero-order chi connectivity index (χ0) is 21.4. The van der Waals surface area contributed by atoms with E-state index in [0.717, 1.165) is 16.5 Å². The summed E-state index contributed by atoms with van der Waals surface area (Å²) < 4.78 is 5.57. The van der Waals surface area contributed by atoms with Crippen LogP contribution in [-0.4, -0.2) is 33.2 Å². The third kappa shape index (κ3) is 3.22. The first-order valence-corrected chi connectivity index (χ1v) is 10.1. The predicted molar refractivity (Wildman–Crippen MR) is 116 cm³/mol. The number of nitrogens with one attached hydrogen (secondary N) is 1. The normalized spacial score (nSPS) is 18.2. The summed E-state index contributed by atoms with van der Waals surface area (Å²) >= 11 is 0. The van der Waals surface area contributed by atoms with Gasteiger partial charge < -0.3 is 19.4 Å². The van der Waals surface area contributed by atoms with Gasteiger partial charge in [0.15, 0.2) is 0 Å². The van der Waals surface area contributed by atoms with E-state index in [9.17, 15) is 14.7 Å². The van der Waals surface area contributed by atoms with Crippen molar-refractivity contribution < 1.29 is 19.1 Å². The number of benzene rings is 2. The molecule has 1 fully saturated rings. The number of para-hydroxylation sites is 1. The number of furan rings is 1. The molecule has 3 heterocycles. The fourth-order valence-corrected chi connectivity index (χ4v) is 4.18. The first kappa shape index (κ1) is 18.9. The van der Waals surface area contributed by atoms with Crippen LogP contribution in [0.5, 0.6) is 0 Å². The number of fused-ring (bicyclic) bond motifs is 1. The number of likely N-dealkylation sites (tertiary alicyclic amines) is 1. The number of carbonyl (C=O) groups excluding carboxylic acids is 2. The van der Waals surface area contributed by atoms with Gasteiger partial charge in [0.25, 0.3) is 11.7 Å². The molecule has 2 N–H and O–H groups in total. The van der Waals surface area contributed by atoms with Crippen LogP contribution in [0.2, 0.25) is 0 Å². The minimum atomic E-state index is -0.777. The van der Waals surface area contributed by atoms with Crippen LogP contribution in [0.4, 0.5) is 0 Å². The van der Waals surface area contributed by atoms with Gasteiger partial charge in [-0.05, 0) is 30.2 Å². The number of carbonyl (C=O) groups is 2. The van der Waals surface area contributed by atoms with Crippen molar-refractivity contribution in [3.8, 4) is 0 Å². The predicted octanol–water partition coefficient (Wildman–Crippen LogP) is 4.43. The van der Waals surface area contributed by atoms with E-state index in [-0.39, 0.29) is 11.3 Å². The molecule has 5 rings (SSSR count). The van der Waals surface area contributed by atoms with E-state index in [1.807, 2.05) is 36.5 Å². The third-order valence-corrected chi connectivity index (χ3v) is 5.70. The highest BCUT2D eigenvalue weighted by molar-refractivity contribution is 6.46. The quantitative estimate of drug-likeness (QED) is 0.289. The minimum Gasteiger partial charge on any atom is -0.507 e. The number of aliphatic hydroxyl groups excluding tert-OH is 1. The Morgan fingerprint density at radius 1 is 1.00 bits per heavy atom.